The quantitative estimate of drug-likeness (QED) is 0.394. The van der Waals surface area contributed by atoms with Crippen LogP contribution in [-0.4, -0.2) is 57.3 Å². The third-order valence-electron chi connectivity index (χ3n) is 7.75. The number of hydrogen-bond donors (Lipinski definition) is 1. The number of nitrogens with two attached hydrogens (primary N) is 1. The van der Waals surface area contributed by atoms with Gasteiger partial charge in [0.25, 0.3) is 5.91 Å². The normalized spacial score (nSPS) is 18.3. The predicted molar refractivity (Wildman–Crippen MR) is 143 cm³/mol. The lowest BCUT2D eigenvalue weighted by Gasteiger charge is -2.32. The molecule has 37 heavy (non-hydrogen) atoms. The Morgan fingerprint density at radius 1 is 1.19 bits per heavy atom. The lowest BCUT2D eigenvalue weighted by atomic mass is 9.85. The van der Waals surface area contributed by atoms with E-state index in [0.29, 0.717) is 42.3 Å². The molecular weight excluding hydrogens is 490 g/mol. The Kier molecular flexibility index (Phi) is 6.06. The van der Waals surface area contributed by atoms with Crippen molar-refractivity contribution in [2.45, 2.75) is 44.8 Å². The van der Waals surface area contributed by atoms with E-state index in [1.165, 1.54) is 29.5 Å². The first kappa shape index (κ1) is 23.8. The van der Waals surface area contributed by atoms with Gasteiger partial charge in [-0.15, -0.1) is 11.3 Å². The minimum absolute atomic E-state index is 0.140. The Morgan fingerprint density at radius 3 is 2.76 bits per heavy atom. The van der Waals surface area contributed by atoms with Crippen LogP contribution in [0.3, 0.4) is 0 Å². The van der Waals surface area contributed by atoms with Crippen LogP contribution in [-0.2, 0) is 18.3 Å². The molecule has 4 aromatic rings. The number of ether oxygens (including phenoxy) is 2. The number of carbonyl (C=O) groups excluding carboxylic acids is 2. The molecule has 1 aromatic carbocycles. The number of carbonyl (C=O) groups is 2. The van der Waals surface area contributed by atoms with Gasteiger partial charge in [0, 0.05) is 31.1 Å². The van der Waals surface area contributed by atoms with Crippen molar-refractivity contribution < 1.29 is 19.1 Å². The molecule has 1 aliphatic heterocycles. The number of amides is 2. The number of aromatic nitrogens is 3. The number of nitrogens with zero attached hydrogens (tertiary/aromatic N) is 4. The van der Waals surface area contributed by atoms with Crippen molar-refractivity contribution in [1.29, 1.82) is 0 Å². The van der Waals surface area contributed by atoms with Crippen LogP contribution in [0.25, 0.3) is 32.8 Å². The van der Waals surface area contributed by atoms with Crippen LogP contribution in [0.4, 0.5) is 4.79 Å². The van der Waals surface area contributed by atoms with Crippen LogP contribution in [0.2, 0.25) is 0 Å². The molecule has 0 radical (unpaired) electrons. The van der Waals surface area contributed by atoms with Crippen LogP contribution >= 0.6 is 11.3 Å². The molecule has 2 fully saturated rings. The molecule has 3 aromatic heterocycles. The number of hydrogen-bond acceptors (Lipinski definition) is 6. The van der Waals surface area contributed by atoms with E-state index in [-0.39, 0.29) is 12.0 Å². The van der Waals surface area contributed by atoms with E-state index in [2.05, 4.69) is 26.6 Å². The maximum Gasteiger partial charge on any atom is 0.404 e. The topological polar surface area (TPSA) is 105 Å². The summed E-state index contributed by atoms with van der Waals surface area (Å²) in [6.45, 7) is 1.91. The lowest BCUT2D eigenvalue weighted by Crippen LogP contribution is -2.44. The SMILES string of the molecule is COc1cc(C(=O)N2CCC[C@@H](OC(N)=O)C2)cc2nc(-c3cc4ccsc4n3CC3CCC3)n(C)c12. The number of imidazole rings is 1. The lowest BCUT2D eigenvalue weighted by molar-refractivity contribution is 0.0373. The summed E-state index contributed by atoms with van der Waals surface area (Å²) in [5.41, 5.74) is 8.34. The van der Waals surface area contributed by atoms with Gasteiger partial charge >= 0.3 is 6.09 Å². The van der Waals surface area contributed by atoms with Crippen molar-refractivity contribution in [1.82, 2.24) is 19.0 Å². The average Bonchev–Trinajstić information content (AvgIpc) is 3.53. The summed E-state index contributed by atoms with van der Waals surface area (Å²) in [5.74, 6) is 2.02. The molecule has 2 aliphatic rings. The van der Waals surface area contributed by atoms with Crippen LogP contribution in [0, 0.1) is 5.92 Å². The van der Waals surface area contributed by atoms with Crippen molar-refractivity contribution >= 4 is 44.6 Å². The number of likely N-dealkylation sites (tertiary alicyclic amines) is 1. The maximum atomic E-state index is 13.5. The molecule has 0 bridgehead atoms. The number of rotatable bonds is 6. The second kappa shape index (κ2) is 9.41. The van der Waals surface area contributed by atoms with Gasteiger partial charge in [0.1, 0.15) is 22.2 Å². The molecule has 1 atom stereocenters. The molecule has 4 heterocycles. The standard InChI is InChI=1S/C27H31N5O4S/c1-30-23-20(29-24(30)21-12-17-8-10-37-26(17)32(21)14-16-5-3-6-16)11-18(13-22(23)35-2)25(33)31-9-4-7-19(15-31)36-27(28)34/h8,10-13,16,19H,3-7,9,14-15H2,1-2H3,(H2,28,34)/t19-/m1/s1. The van der Waals surface area contributed by atoms with Gasteiger partial charge in [0.15, 0.2) is 5.82 Å². The van der Waals surface area contributed by atoms with Crippen molar-refractivity contribution in [2.24, 2.45) is 18.7 Å². The van der Waals surface area contributed by atoms with Crippen LogP contribution < -0.4 is 10.5 Å². The first-order valence-corrected chi connectivity index (χ1v) is 13.7. The van der Waals surface area contributed by atoms with Gasteiger partial charge in [-0.1, -0.05) is 6.42 Å². The third-order valence-corrected chi connectivity index (χ3v) is 8.70. The monoisotopic (exact) mass is 521 g/mol. The minimum Gasteiger partial charge on any atom is -0.494 e. The Morgan fingerprint density at radius 2 is 2.03 bits per heavy atom. The number of methoxy groups -OCH3 is 1. The number of primary amides is 1. The highest BCUT2D eigenvalue weighted by atomic mass is 32.1. The fourth-order valence-electron chi connectivity index (χ4n) is 5.66. The molecule has 10 heteroatoms. The van der Waals surface area contributed by atoms with E-state index in [0.717, 1.165) is 30.0 Å². The number of fused-ring (bicyclic) bond motifs is 2. The minimum atomic E-state index is -0.815. The number of benzene rings is 1. The zero-order valence-electron chi connectivity index (χ0n) is 21.1. The van der Waals surface area contributed by atoms with Crippen molar-refractivity contribution in [2.75, 3.05) is 20.2 Å². The summed E-state index contributed by atoms with van der Waals surface area (Å²) in [6.07, 6.45) is 4.08. The van der Waals surface area contributed by atoms with Gasteiger partial charge in [-0.3, -0.25) is 4.79 Å². The maximum absolute atomic E-state index is 13.5. The van der Waals surface area contributed by atoms with Crippen molar-refractivity contribution in [3.63, 3.8) is 0 Å². The molecule has 2 amide bonds. The molecule has 9 nitrogen and oxygen atoms in total. The molecule has 0 unspecified atom stereocenters. The largest absolute Gasteiger partial charge is 0.494 e. The first-order chi connectivity index (χ1) is 17.9. The molecule has 194 valence electrons. The fourth-order valence-corrected chi connectivity index (χ4v) is 6.57. The molecule has 2 N–H and O–H groups in total. The Hall–Kier alpha value is -3.53. The van der Waals surface area contributed by atoms with Crippen LogP contribution in [0.15, 0.2) is 29.6 Å². The molecule has 1 aliphatic carbocycles. The molecule has 0 spiro atoms. The van der Waals surface area contributed by atoms with Gasteiger partial charge < -0.3 is 29.2 Å². The summed E-state index contributed by atoms with van der Waals surface area (Å²) < 4.78 is 15.4. The summed E-state index contributed by atoms with van der Waals surface area (Å²) in [6, 6.07) is 8.00. The Labute approximate surface area is 218 Å². The summed E-state index contributed by atoms with van der Waals surface area (Å²) >= 11 is 1.76. The summed E-state index contributed by atoms with van der Waals surface area (Å²) in [5, 5.41) is 3.37. The Bertz CT molecular complexity index is 1500. The Balaban J connectivity index is 1.38. The van der Waals surface area contributed by atoms with Crippen LogP contribution in [0.1, 0.15) is 42.5 Å². The summed E-state index contributed by atoms with van der Waals surface area (Å²) in [4.78, 5) is 32.7. The third kappa shape index (κ3) is 4.22. The zero-order valence-corrected chi connectivity index (χ0v) is 21.9. The molecule has 6 rings (SSSR count). The van der Waals surface area contributed by atoms with Crippen molar-refractivity contribution in [3.05, 3.63) is 35.2 Å². The van der Waals surface area contributed by atoms with E-state index in [1.54, 1.807) is 29.4 Å². The van der Waals surface area contributed by atoms with E-state index >= 15 is 0 Å². The smallest absolute Gasteiger partial charge is 0.404 e. The molecular formula is C27H31N5O4S. The zero-order chi connectivity index (χ0) is 25.7. The molecule has 1 saturated carbocycles. The highest BCUT2D eigenvalue weighted by Gasteiger charge is 2.29. The van der Waals surface area contributed by atoms with E-state index < -0.39 is 6.09 Å². The van der Waals surface area contributed by atoms with Gasteiger partial charge in [-0.2, -0.15) is 0 Å². The average molecular weight is 522 g/mol. The second-order valence-electron chi connectivity index (χ2n) is 10.1. The van der Waals surface area contributed by atoms with Gasteiger partial charge in [-0.05, 0) is 61.2 Å². The van der Waals surface area contributed by atoms with Gasteiger partial charge in [-0.25, -0.2) is 9.78 Å². The first-order valence-electron chi connectivity index (χ1n) is 12.8. The van der Waals surface area contributed by atoms with Gasteiger partial charge in [0.2, 0.25) is 0 Å². The number of piperidine rings is 1. The van der Waals surface area contributed by atoms with Crippen molar-refractivity contribution in [3.8, 4) is 17.3 Å². The second-order valence-corrected chi connectivity index (χ2v) is 11.0. The highest BCUT2D eigenvalue weighted by molar-refractivity contribution is 7.16. The highest BCUT2D eigenvalue weighted by Crippen LogP contribution is 2.38. The van der Waals surface area contributed by atoms with Crippen LogP contribution in [0.5, 0.6) is 5.75 Å². The summed E-state index contributed by atoms with van der Waals surface area (Å²) in [7, 11) is 3.61. The van der Waals surface area contributed by atoms with Gasteiger partial charge in [0.05, 0.1) is 24.9 Å². The van der Waals surface area contributed by atoms with E-state index in [9.17, 15) is 9.59 Å². The number of aryl methyl sites for hydroxylation is 1. The number of thiophene rings is 1. The van der Waals surface area contributed by atoms with E-state index in [4.69, 9.17) is 20.2 Å². The fraction of sp³-hybridized carbons (Fsp3) is 0.444. The predicted octanol–water partition coefficient (Wildman–Crippen LogP) is 4.77. The van der Waals surface area contributed by atoms with E-state index in [1.807, 2.05) is 13.1 Å². The molecule has 1 saturated heterocycles.